The molecule has 0 bridgehead atoms. The van der Waals surface area contributed by atoms with Gasteiger partial charge in [0.05, 0.1) is 0 Å². The van der Waals surface area contributed by atoms with Crippen LogP contribution in [0.1, 0.15) is 11.4 Å². The van der Waals surface area contributed by atoms with Crippen LogP contribution in [0.4, 0.5) is 4.79 Å². The third kappa shape index (κ3) is 2.04. The molecule has 0 spiro atoms. The van der Waals surface area contributed by atoms with Crippen molar-refractivity contribution in [3.63, 3.8) is 0 Å². The fraction of sp³-hybridized carbons (Fsp3) is 0.0909. The molecule has 2 rings (SSSR count). The van der Waals surface area contributed by atoms with E-state index in [1.807, 2.05) is 30.3 Å². The molecule has 1 heterocycles. The molecule has 0 aliphatic heterocycles. The van der Waals surface area contributed by atoms with Crippen molar-refractivity contribution >= 4 is 6.09 Å². The second-order valence-electron chi connectivity index (χ2n) is 3.16. The normalized spacial score (nSPS) is 10.1. The number of benzene rings is 1. The van der Waals surface area contributed by atoms with Gasteiger partial charge in [-0.1, -0.05) is 30.3 Å². The van der Waals surface area contributed by atoms with Gasteiger partial charge in [-0.3, -0.25) is 0 Å². The van der Waals surface area contributed by atoms with Crippen LogP contribution in [0.2, 0.25) is 0 Å². The number of imidazole rings is 1. The molecular weight excluding hydrogens is 192 g/mol. The fourth-order valence-electron chi connectivity index (χ4n) is 1.42. The zero-order valence-corrected chi connectivity index (χ0v) is 8.00. The molecule has 0 saturated heterocycles. The molecule has 1 aromatic heterocycles. The molecule has 76 valence electrons. The van der Waals surface area contributed by atoms with Crippen molar-refractivity contribution in [1.82, 2.24) is 9.55 Å². The minimum absolute atomic E-state index is 0.528. The Balaban J connectivity index is 2.25. The largest absolute Gasteiger partial charge is 0.464 e. The van der Waals surface area contributed by atoms with Crippen molar-refractivity contribution in [1.29, 1.82) is 0 Å². The van der Waals surface area contributed by atoms with Gasteiger partial charge < -0.3 is 5.11 Å². The van der Waals surface area contributed by atoms with E-state index in [0.29, 0.717) is 12.2 Å². The molecule has 0 atom stereocenters. The van der Waals surface area contributed by atoms with Gasteiger partial charge in [0, 0.05) is 18.8 Å². The topological polar surface area (TPSA) is 55.1 Å². The zero-order chi connectivity index (χ0) is 10.7. The molecule has 0 amide bonds. The van der Waals surface area contributed by atoms with Crippen molar-refractivity contribution in [3.8, 4) is 0 Å². The van der Waals surface area contributed by atoms with Gasteiger partial charge >= 0.3 is 6.09 Å². The standard InChI is InChI=1S/C11H10N2O2/c14-11(15)13-7-6-12-10(13)8-9-4-2-1-3-5-9/h1-7H,8H2,(H,14,15). The van der Waals surface area contributed by atoms with Crippen molar-refractivity contribution in [2.45, 2.75) is 6.42 Å². The van der Waals surface area contributed by atoms with E-state index in [1.54, 1.807) is 0 Å². The molecule has 1 aromatic carbocycles. The molecule has 1 N–H and O–H groups in total. The van der Waals surface area contributed by atoms with Gasteiger partial charge in [-0.05, 0) is 5.56 Å². The van der Waals surface area contributed by atoms with Crippen LogP contribution >= 0.6 is 0 Å². The summed E-state index contributed by atoms with van der Waals surface area (Å²) >= 11 is 0. The van der Waals surface area contributed by atoms with E-state index in [1.165, 1.54) is 12.4 Å². The lowest BCUT2D eigenvalue weighted by molar-refractivity contribution is 0.195. The van der Waals surface area contributed by atoms with Crippen LogP contribution in [-0.2, 0) is 6.42 Å². The summed E-state index contributed by atoms with van der Waals surface area (Å²) < 4.78 is 1.13. The number of hydrogen-bond donors (Lipinski definition) is 1. The number of carboxylic acid groups (broad SMARTS) is 1. The van der Waals surface area contributed by atoms with E-state index in [2.05, 4.69) is 4.98 Å². The highest BCUT2D eigenvalue weighted by Gasteiger charge is 2.08. The van der Waals surface area contributed by atoms with Crippen LogP contribution in [0.3, 0.4) is 0 Å². The predicted octanol–water partition coefficient (Wildman–Crippen LogP) is 2.00. The quantitative estimate of drug-likeness (QED) is 0.810. The SMILES string of the molecule is O=C(O)n1ccnc1Cc1ccccc1. The monoisotopic (exact) mass is 202 g/mol. The first kappa shape index (κ1) is 9.45. The van der Waals surface area contributed by atoms with Crippen LogP contribution < -0.4 is 0 Å². The summed E-state index contributed by atoms with van der Waals surface area (Å²) in [5, 5.41) is 8.86. The molecular formula is C11H10N2O2. The summed E-state index contributed by atoms with van der Waals surface area (Å²) in [4.78, 5) is 14.8. The third-order valence-corrected chi connectivity index (χ3v) is 2.13. The maximum Gasteiger partial charge on any atom is 0.417 e. The second kappa shape index (κ2) is 3.96. The highest BCUT2D eigenvalue weighted by molar-refractivity contribution is 5.68. The maximum atomic E-state index is 10.8. The van der Waals surface area contributed by atoms with Gasteiger partial charge in [0.2, 0.25) is 0 Å². The first-order valence-corrected chi connectivity index (χ1v) is 4.57. The van der Waals surface area contributed by atoms with Crippen molar-refractivity contribution < 1.29 is 9.90 Å². The summed E-state index contributed by atoms with van der Waals surface area (Å²) in [6.45, 7) is 0. The lowest BCUT2D eigenvalue weighted by Crippen LogP contribution is -2.11. The molecule has 2 aromatic rings. The summed E-state index contributed by atoms with van der Waals surface area (Å²) in [5.41, 5.74) is 1.05. The first-order valence-electron chi connectivity index (χ1n) is 4.57. The number of hydrogen-bond acceptors (Lipinski definition) is 2. The average Bonchev–Trinajstić information content (AvgIpc) is 2.67. The molecule has 0 fully saturated rings. The van der Waals surface area contributed by atoms with Crippen molar-refractivity contribution in [2.24, 2.45) is 0 Å². The highest BCUT2D eigenvalue weighted by atomic mass is 16.4. The van der Waals surface area contributed by atoms with Gasteiger partial charge in [0.1, 0.15) is 5.82 Å². The summed E-state index contributed by atoms with van der Waals surface area (Å²) in [6.07, 6.45) is 2.46. The number of rotatable bonds is 2. The van der Waals surface area contributed by atoms with Crippen LogP contribution in [0, 0.1) is 0 Å². The summed E-state index contributed by atoms with van der Waals surface area (Å²) in [5.74, 6) is 0.536. The van der Waals surface area contributed by atoms with Gasteiger partial charge in [0.25, 0.3) is 0 Å². The summed E-state index contributed by atoms with van der Waals surface area (Å²) in [7, 11) is 0. The Hall–Kier alpha value is -2.10. The molecule has 0 aliphatic carbocycles. The molecule has 4 heteroatoms. The second-order valence-corrected chi connectivity index (χ2v) is 3.16. The minimum Gasteiger partial charge on any atom is -0.464 e. The van der Waals surface area contributed by atoms with E-state index in [4.69, 9.17) is 5.11 Å². The fourth-order valence-corrected chi connectivity index (χ4v) is 1.42. The van der Waals surface area contributed by atoms with Crippen LogP contribution in [0.25, 0.3) is 0 Å². The van der Waals surface area contributed by atoms with E-state index < -0.39 is 6.09 Å². The Labute approximate surface area is 86.8 Å². The molecule has 0 unspecified atom stereocenters. The summed E-state index contributed by atoms with van der Waals surface area (Å²) in [6, 6.07) is 9.65. The van der Waals surface area contributed by atoms with E-state index in [-0.39, 0.29) is 0 Å². The molecule has 0 aliphatic rings. The Morgan fingerprint density at radius 1 is 1.33 bits per heavy atom. The van der Waals surface area contributed by atoms with Crippen molar-refractivity contribution in [2.75, 3.05) is 0 Å². The third-order valence-electron chi connectivity index (χ3n) is 2.13. The first-order chi connectivity index (χ1) is 7.27. The van der Waals surface area contributed by atoms with E-state index >= 15 is 0 Å². The molecule has 4 nitrogen and oxygen atoms in total. The highest BCUT2D eigenvalue weighted by Crippen LogP contribution is 2.07. The van der Waals surface area contributed by atoms with Crippen LogP contribution in [0.5, 0.6) is 0 Å². The Morgan fingerprint density at radius 2 is 2.07 bits per heavy atom. The van der Waals surface area contributed by atoms with E-state index in [9.17, 15) is 4.79 Å². The molecule has 0 radical (unpaired) electrons. The van der Waals surface area contributed by atoms with Crippen LogP contribution in [0.15, 0.2) is 42.7 Å². The Kier molecular flexibility index (Phi) is 2.49. The Morgan fingerprint density at radius 3 is 2.73 bits per heavy atom. The molecule has 0 saturated carbocycles. The maximum absolute atomic E-state index is 10.8. The lowest BCUT2D eigenvalue weighted by Gasteiger charge is -2.01. The van der Waals surface area contributed by atoms with Gasteiger partial charge in [-0.15, -0.1) is 0 Å². The van der Waals surface area contributed by atoms with E-state index in [0.717, 1.165) is 10.1 Å². The number of carbonyl (C=O) groups is 1. The Bertz CT molecular complexity index is 462. The number of nitrogens with zero attached hydrogens (tertiary/aromatic N) is 2. The lowest BCUT2D eigenvalue weighted by atomic mass is 10.1. The van der Waals surface area contributed by atoms with Gasteiger partial charge in [-0.25, -0.2) is 14.3 Å². The van der Waals surface area contributed by atoms with Crippen LogP contribution in [-0.4, -0.2) is 20.8 Å². The smallest absolute Gasteiger partial charge is 0.417 e. The zero-order valence-electron chi connectivity index (χ0n) is 8.00. The predicted molar refractivity (Wildman–Crippen MR) is 54.9 cm³/mol. The average molecular weight is 202 g/mol. The minimum atomic E-state index is -1.00. The van der Waals surface area contributed by atoms with Gasteiger partial charge in [0.15, 0.2) is 0 Å². The van der Waals surface area contributed by atoms with Gasteiger partial charge in [-0.2, -0.15) is 0 Å². The van der Waals surface area contributed by atoms with Crippen molar-refractivity contribution in [3.05, 3.63) is 54.1 Å². The number of aromatic nitrogens is 2. The molecule has 15 heavy (non-hydrogen) atoms.